The maximum Gasteiger partial charge on any atom is 0.241 e. The Kier molecular flexibility index (Phi) is 4.87. The minimum atomic E-state index is -3.50. The van der Waals surface area contributed by atoms with Gasteiger partial charge in [0.2, 0.25) is 15.9 Å². The molecule has 5 nitrogen and oxygen atoms in total. The number of hydrogen-bond donors (Lipinski definition) is 1. The molecule has 126 valence electrons. The van der Waals surface area contributed by atoms with Crippen molar-refractivity contribution in [1.29, 1.82) is 0 Å². The van der Waals surface area contributed by atoms with Crippen molar-refractivity contribution in [3.63, 3.8) is 0 Å². The van der Waals surface area contributed by atoms with Crippen LogP contribution >= 0.6 is 22.6 Å². The monoisotopic (exact) mass is 448 g/mol. The summed E-state index contributed by atoms with van der Waals surface area (Å²) in [5.41, 5.74) is 0.524. The van der Waals surface area contributed by atoms with Gasteiger partial charge < -0.3 is 5.32 Å². The van der Waals surface area contributed by atoms with Crippen molar-refractivity contribution < 1.29 is 13.2 Å². The number of anilines is 1. The van der Waals surface area contributed by atoms with E-state index in [1.807, 2.05) is 12.1 Å². The molecule has 0 spiro atoms. The van der Waals surface area contributed by atoms with Gasteiger partial charge in [0.05, 0.1) is 11.9 Å². The maximum absolute atomic E-state index is 12.4. The quantitative estimate of drug-likeness (QED) is 0.704. The van der Waals surface area contributed by atoms with Crippen molar-refractivity contribution in [3.8, 4) is 0 Å². The molecule has 2 aliphatic rings. The molecule has 2 bridgehead atoms. The summed E-state index contributed by atoms with van der Waals surface area (Å²) >= 11 is 2.16. The number of fused-ring (bicyclic) bond motifs is 2. The lowest BCUT2D eigenvalue weighted by molar-refractivity contribution is -0.120. The first kappa shape index (κ1) is 17.0. The molecule has 0 radical (unpaired) electrons. The number of carbonyl (C=O) groups excluding carboxylic acids is 1. The molecule has 0 aromatic heterocycles. The van der Waals surface area contributed by atoms with Gasteiger partial charge >= 0.3 is 0 Å². The first-order chi connectivity index (χ1) is 10.8. The van der Waals surface area contributed by atoms with Gasteiger partial charge in [-0.3, -0.25) is 9.10 Å². The largest absolute Gasteiger partial charge is 0.352 e. The molecule has 1 N–H and O–H groups in total. The van der Waals surface area contributed by atoms with Crippen molar-refractivity contribution in [2.24, 2.45) is 11.8 Å². The average Bonchev–Trinajstić information content (AvgIpc) is 3.07. The van der Waals surface area contributed by atoms with Gasteiger partial charge in [0.1, 0.15) is 6.54 Å². The Morgan fingerprint density at radius 1 is 1.26 bits per heavy atom. The summed E-state index contributed by atoms with van der Waals surface area (Å²) in [7, 11) is -3.50. The van der Waals surface area contributed by atoms with Crippen molar-refractivity contribution in [1.82, 2.24) is 5.32 Å². The van der Waals surface area contributed by atoms with Gasteiger partial charge in [-0.25, -0.2) is 8.42 Å². The Balaban J connectivity index is 1.69. The highest BCUT2D eigenvalue weighted by atomic mass is 127. The third-order valence-electron chi connectivity index (χ3n) is 4.89. The van der Waals surface area contributed by atoms with E-state index in [0.29, 0.717) is 11.6 Å². The number of rotatable bonds is 5. The highest BCUT2D eigenvalue weighted by Crippen LogP contribution is 2.44. The second-order valence-electron chi connectivity index (χ2n) is 6.59. The van der Waals surface area contributed by atoms with Gasteiger partial charge in [-0.1, -0.05) is 6.42 Å². The SMILES string of the molecule is CS(=O)(=O)N(CC(=O)N[C@H]1C[C@H]2CC[C@H]1C2)c1ccc(I)cc1. The first-order valence-corrected chi connectivity index (χ1v) is 10.8. The van der Waals surface area contributed by atoms with Gasteiger partial charge in [0.25, 0.3) is 0 Å². The second-order valence-corrected chi connectivity index (χ2v) is 9.75. The molecule has 0 saturated heterocycles. The number of amides is 1. The van der Waals surface area contributed by atoms with E-state index in [0.717, 1.165) is 22.2 Å². The van der Waals surface area contributed by atoms with E-state index >= 15 is 0 Å². The van der Waals surface area contributed by atoms with E-state index in [9.17, 15) is 13.2 Å². The van der Waals surface area contributed by atoms with Crippen LogP contribution in [0.5, 0.6) is 0 Å². The van der Waals surface area contributed by atoms with Gasteiger partial charge in [0, 0.05) is 9.61 Å². The standard InChI is InChI=1S/C16H21IN2O3S/c1-23(21,22)19(14-6-4-13(17)5-7-14)10-16(20)18-15-9-11-2-3-12(15)8-11/h4-7,11-12,15H,2-3,8-10H2,1H3,(H,18,20)/t11-,12-,15-/m0/s1. The number of sulfonamides is 1. The Labute approximate surface area is 151 Å². The predicted octanol–water partition coefficient (Wildman–Crippen LogP) is 2.36. The number of halogens is 1. The smallest absolute Gasteiger partial charge is 0.241 e. The minimum absolute atomic E-state index is 0.159. The number of hydrogen-bond acceptors (Lipinski definition) is 3. The minimum Gasteiger partial charge on any atom is -0.352 e. The molecule has 3 rings (SSSR count). The summed E-state index contributed by atoms with van der Waals surface area (Å²) in [6.45, 7) is -0.159. The predicted molar refractivity (Wildman–Crippen MR) is 98.7 cm³/mol. The molecular formula is C16H21IN2O3S. The molecule has 7 heteroatoms. The fourth-order valence-electron chi connectivity index (χ4n) is 3.81. The molecular weight excluding hydrogens is 427 g/mol. The zero-order valence-corrected chi connectivity index (χ0v) is 16.0. The normalized spacial score (nSPS) is 26.3. The van der Waals surface area contributed by atoms with Crippen LogP contribution in [0.1, 0.15) is 25.7 Å². The molecule has 1 aromatic carbocycles. The van der Waals surface area contributed by atoms with Crippen molar-refractivity contribution in [2.75, 3.05) is 17.1 Å². The molecule has 0 aliphatic heterocycles. The highest BCUT2D eigenvalue weighted by Gasteiger charge is 2.40. The molecule has 2 fully saturated rings. The summed E-state index contributed by atoms with van der Waals surface area (Å²) in [6, 6.07) is 7.35. The third-order valence-corrected chi connectivity index (χ3v) is 6.75. The van der Waals surface area contributed by atoms with Gasteiger partial charge in [-0.05, 0) is 78.0 Å². The van der Waals surface area contributed by atoms with Crippen LogP contribution in [0.3, 0.4) is 0 Å². The zero-order valence-electron chi connectivity index (χ0n) is 13.0. The van der Waals surface area contributed by atoms with Gasteiger partial charge in [-0.15, -0.1) is 0 Å². The summed E-state index contributed by atoms with van der Waals surface area (Å²) in [4.78, 5) is 12.4. The van der Waals surface area contributed by atoms with Crippen LogP contribution in [-0.2, 0) is 14.8 Å². The second kappa shape index (κ2) is 6.58. The summed E-state index contributed by atoms with van der Waals surface area (Å²) in [5, 5.41) is 3.05. The van der Waals surface area contributed by atoms with Crippen molar-refractivity contribution in [3.05, 3.63) is 27.8 Å². The third kappa shape index (κ3) is 3.99. The highest BCUT2D eigenvalue weighted by molar-refractivity contribution is 14.1. The molecule has 0 unspecified atom stereocenters. The van der Waals surface area contributed by atoms with Gasteiger partial charge in [-0.2, -0.15) is 0 Å². The van der Waals surface area contributed by atoms with Crippen LogP contribution in [-0.4, -0.2) is 33.2 Å². The van der Waals surface area contributed by atoms with E-state index in [1.165, 1.54) is 23.6 Å². The van der Waals surface area contributed by atoms with E-state index in [1.54, 1.807) is 12.1 Å². The average molecular weight is 448 g/mol. The van der Waals surface area contributed by atoms with Crippen LogP contribution in [0, 0.1) is 15.4 Å². The molecule has 1 amide bonds. The lowest BCUT2D eigenvalue weighted by Gasteiger charge is -2.26. The fourth-order valence-corrected chi connectivity index (χ4v) is 5.03. The summed E-state index contributed by atoms with van der Waals surface area (Å²) < 4.78 is 26.3. The first-order valence-electron chi connectivity index (χ1n) is 7.85. The summed E-state index contributed by atoms with van der Waals surface area (Å²) in [6.07, 6.45) is 5.84. The van der Waals surface area contributed by atoms with Gasteiger partial charge in [0.15, 0.2) is 0 Å². The van der Waals surface area contributed by atoms with Crippen LogP contribution < -0.4 is 9.62 Å². The van der Waals surface area contributed by atoms with Crippen LogP contribution in [0.4, 0.5) is 5.69 Å². The Morgan fingerprint density at radius 3 is 2.48 bits per heavy atom. The maximum atomic E-state index is 12.4. The number of carbonyl (C=O) groups is 1. The molecule has 3 atom stereocenters. The topological polar surface area (TPSA) is 66.5 Å². The number of nitrogens with zero attached hydrogens (tertiary/aromatic N) is 1. The summed E-state index contributed by atoms with van der Waals surface area (Å²) in [5.74, 6) is 1.10. The molecule has 0 heterocycles. The van der Waals surface area contributed by atoms with Crippen molar-refractivity contribution in [2.45, 2.75) is 31.7 Å². The van der Waals surface area contributed by atoms with E-state index in [-0.39, 0.29) is 18.5 Å². The number of benzene rings is 1. The lowest BCUT2D eigenvalue weighted by atomic mass is 9.95. The van der Waals surface area contributed by atoms with Crippen LogP contribution in [0.25, 0.3) is 0 Å². The lowest BCUT2D eigenvalue weighted by Crippen LogP contribution is -2.45. The Hall–Kier alpha value is -0.830. The molecule has 23 heavy (non-hydrogen) atoms. The van der Waals surface area contributed by atoms with E-state index in [2.05, 4.69) is 27.9 Å². The molecule has 2 aliphatic carbocycles. The Bertz CT molecular complexity index is 690. The van der Waals surface area contributed by atoms with E-state index < -0.39 is 10.0 Å². The zero-order chi connectivity index (χ0) is 16.6. The fraction of sp³-hybridized carbons (Fsp3) is 0.562. The Morgan fingerprint density at radius 2 is 1.96 bits per heavy atom. The number of nitrogens with one attached hydrogen (secondary N) is 1. The molecule has 1 aromatic rings. The van der Waals surface area contributed by atoms with Crippen LogP contribution in [0.2, 0.25) is 0 Å². The van der Waals surface area contributed by atoms with Crippen LogP contribution in [0.15, 0.2) is 24.3 Å². The van der Waals surface area contributed by atoms with E-state index in [4.69, 9.17) is 0 Å². The molecule has 2 saturated carbocycles. The van der Waals surface area contributed by atoms with Crippen molar-refractivity contribution >= 4 is 44.2 Å².